The Morgan fingerprint density at radius 2 is 1.62 bits per heavy atom. The molecule has 0 nitrogen and oxygen atoms in total. The summed E-state index contributed by atoms with van der Waals surface area (Å²) in [5, 5.41) is 0. The van der Waals surface area contributed by atoms with E-state index in [0.29, 0.717) is 0 Å². The van der Waals surface area contributed by atoms with Crippen LogP contribution in [-0.2, 0) is 0 Å². The largest absolute Gasteiger partial charge is 0.209 e. The van der Waals surface area contributed by atoms with Gasteiger partial charge >= 0.3 is 0 Å². The Hall–Kier alpha value is -0.730. The van der Waals surface area contributed by atoms with Crippen LogP contribution in [-0.4, -0.2) is 0 Å². The van der Waals surface area contributed by atoms with Crippen LogP contribution in [0.15, 0.2) is 24.1 Å². The van der Waals surface area contributed by atoms with E-state index in [0.717, 1.165) is 6.92 Å². The SMILES string of the molecule is C=C(F)/C(F)=C(\C)F. The predicted octanol–water partition coefficient (Wildman–Crippen LogP) is 2.64. The first-order valence-corrected chi connectivity index (χ1v) is 1.92. The maximum absolute atomic E-state index is 11.7. The molecule has 0 rings (SSSR count). The van der Waals surface area contributed by atoms with Crippen molar-refractivity contribution in [3.05, 3.63) is 24.1 Å². The summed E-state index contributed by atoms with van der Waals surface area (Å²) in [6, 6.07) is 0. The summed E-state index contributed by atoms with van der Waals surface area (Å²) >= 11 is 0. The summed E-state index contributed by atoms with van der Waals surface area (Å²) in [6.45, 7) is 3.36. The molecule has 0 amide bonds. The van der Waals surface area contributed by atoms with Gasteiger partial charge < -0.3 is 0 Å². The van der Waals surface area contributed by atoms with Gasteiger partial charge in [-0.3, -0.25) is 0 Å². The summed E-state index contributed by atoms with van der Waals surface area (Å²) in [7, 11) is 0. The van der Waals surface area contributed by atoms with E-state index in [1.807, 2.05) is 0 Å². The molecule has 0 N–H and O–H groups in total. The van der Waals surface area contributed by atoms with Gasteiger partial charge in [0, 0.05) is 0 Å². The van der Waals surface area contributed by atoms with E-state index in [-0.39, 0.29) is 0 Å². The van der Waals surface area contributed by atoms with Crippen molar-refractivity contribution in [1.29, 1.82) is 0 Å². The number of rotatable bonds is 1. The van der Waals surface area contributed by atoms with Gasteiger partial charge in [0.05, 0.1) is 0 Å². The maximum Gasteiger partial charge on any atom is 0.189 e. The van der Waals surface area contributed by atoms with E-state index < -0.39 is 17.5 Å². The van der Waals surface area contributed by atoms with Crippen LogP contribution in [0.3, 0.4) is 0 Å². The lowest BCUT2D eigenvalue weighted by molar-refractivity contribution is 0.496. The summed E-state index contributed by atoms with van der Waals surface area (Å²) in [5.74, 6) is -4.06. The van der Waals surface area contributed by atoms with Gasteiger partial charge in [-0.15, -0.1) is 0 Å². The fourth-order valence-corrected chi connectivity index (χ4v) is 0.187. The van der Waals surface area contributed by atoms with Crippen LogP contribution in [0.2, 0.25) is 0 Å². The molecule has 0 aromatic rings. The quantitative estimate of drug-likeness (QED) is 0.469. The van der Waals surface area contributed by atoms with Gasteiger partial charge in [-0.25, -0.2) is 13.2 Å². The molecule has 0 bridgehead atoms. The van der Waals surface area contributed by atoms with Crippen molar-refractivity contribution in [2.75, 3.05) is 0 Å². The highest BCUT2D eigenvalue weighted by molar-refractivity contribution is 5.16. The topological polar surface area (TPSA) is 0 Å². The van der Waals surface area contributed by atoms with E-state index in [1.165, 1.54) is 0 Å². The van der Waals surface area contributed by atoms with Gasteiger partial charge in [0.1, 0.15) is 5.83 Å². The highest BCUT2D eigenvalue weighted by Crippen LogP contribution is 2.15. The number of halogens is 3. The van der Waals surface area contributed by atoms with Gasteiger partial charge in [0.25, 0.3) is 0 Å². The van der Waals surface area contributed by atoms with Crippen LogP contribution >= 0.6 is 0 Å². The molecule has 0 aliphatic rings. The zero-order valence-corrected chi connectivity index (χ0v) is 4.34. The molecule has 8 heavy (non-hydrogen) atoms. The minimum atomic E-state index is -1.51. The van der Waals surface area contributed by atoms with E-state index >= 15 is 0 Å². The Morgan fingerprint density at radius 3 is 1.62 bits per heavy atom. The molecule has 0 saturated heterocycles. The third-order valence-electron chi connectivity index (χ3n) is 0.541. The second-order valence-corrected chi connectivity index (χ2v) is 1.25. The summed E-state index contributed by atoms with van der Waals surface area (Å²) in [5.41, 5.74) is 0. The Labute approximate surface area is 45.3 Å². The molecule has 0 aliphatic carbocycles. The molecule has 0 heterocycles. The lowest BCUT2D eigenvalue weighted by atomic mass is 10.4. The van der Waals surface area contributed by atoms with Crippen LogP contribution in [0.4, 0.5) is 13.2 Å². The van der Waals surface area contributed by atoms with Gasteiger partial charge in [-0.2, -0.15) is 0 Å². The third-order valence-corrected chi connectivity index (χ3v) is 0.541. The van der Waals surface area contributed by atoms with Crippen LogP contribution in [0.1, 0.15) is 6.92 Å². The molecule has 3 heteroatoms. The highest BCUT2D eigenvalue weighted by atomic mass is 19.2. The second-order valence-electron chi connectivity index (χ2n) is 1.25. The Balaban J connectivity index is 4.23. The minimum absolute atomic E-state index is 0.820. The fourth-order valence-electron chi connectivity index (χ4n) is 0.187. The Morgan fingerprint density at radius 1 is 1.25 bits per heavy atom. The lowest BCUT2D eigenvalue weighted by Crippen LogP contribution is -1.73. The Kier molecular flexibility index (Phi) is 2.31. The second kappa shape index (κ2) is 2.55. The zero-order chi connectivity index (χ0) is 6.73. The third kappa shape index (κ3) is 1.82. The molecule has 0 atom stereocenters. The predicted molar refractivity (Wildman–Crippen MR) is 25.2 cm³/mol. The van der Waals surface area contributed by atoms with Crippen molar-refractivity contribution >= 4 is 0 Å². The standard InChI is InChI=1S/C5H5F3/c1-3(6)5(8)4(2)7/h1H2,2H3/b5-4-. The van der Waals surface area contributed by atoms with Crippen molar-refractivity contribution in [3.63, 3.8) is 0 Å². The van der Waals surface area contributed by atoms with E-state index in [1.54, 1.807) is 0 Å². The first kappa shape index (κ1) is 7.27. The highest BCUT2D eigenvalue weighted by Gasteiger charge is 2.02. The van der Waals surface area contributed by atoms with Crippen LogP contribution in [0.5, 0.6) is 0 Å². The van der Waals surface area contributed by atoms with Crippen molar-refractivity contribution in [2.45, 2.75) is 6.92 Å². The molecule has 0 saturated carbocycles. The molecular formula is C5H5F3. The van der Waals surface area contributed by atoms with Crippen molar-refractivity contribution in [2.24, 2.45) is 0 Å². The fraction of sp³-hybridized carbons (Fsp3) is 0.200. The van der Waals surface area contributed by atoms with E-state index in [2.05, 4.69) is 6.58 Å². The zero-order valence-electron chi connectivity index (χ0n) is 4.34. The van der Waals surface area contributed by atoms with Gasteiger partial charge in [-0.05, 0) is 6.92 Å². The average molecular weight is 122 g/mol. The molecule has 0 aliphatic heterocycles. The normalized spacial score (nSPS) is 13.0. The van der Waals surface area contributed by atoms with Crippen LogP contribution < -0.4 is 0 Å². The molecule has 0 unspecified atom stereocenters. The summed E-state index contributed by atoms with van der Waals surface area (Å²) in [6.07, 6.45) is 0. The Bertz CT molecular complexity index is 131. The monoisotopic (exact) mass is 122 g/mol. The van der Waals surface area contributed by atoms with E-state index in [9.17, 15) is 13.2 Å². The van der Waals surface area contributed by atoms with Gasteiger partial charge in [0.2, 0.25) is 0 Å². The molecule has 0 spiro atoms. The number of hydrogen-bond acceptors (Lipinski definition) is 0. The van der Waals surface area contributed by atoms with Crippen molar-refractivity contribution in [1.82, 2.24) is 0 Å². The molecule has 46 valence electrons. The molecule has 0 aromatic heterocycles. The first-order valence-electron chi connectivity index (χ1n) is 1.92. The molecule has 0 fully saturated rings. The number of allylic oxidation sites excluding steroid dienone is 3. The summed E-state index contributed by atoms with van der Waals surface area (Å²) < 4.78 is 34.7. The molecule has 0 aromatic carbocycles. The van der Waals surface area contributed by atoms with Crippen molar-refractivity contribution in [3.8, 4) is 0 Å². The average Bonchev–Trinajstić information content (AvgIpc) is 1.64. The summed E-state index contributed by atoms with van der Waals surface area (Å²) in [4.78, 5) is 0. The van der Waals surface area contributed by atoms with Gasteiger partial charge in [0.15, 0.2) is 11.7 Å². The first-order chi connectivity index (χ1) is 3.55. The van der Waals surface area contributed by atoms with Crippen molar-refractivity contribution < 1.29 is 13.2 Å². The van der Waals surface area contributed by atoms with Crippen LogP contribution in [0.25, 0.3) is 0 Å². The van der Waals surface area contributed by atoms with Crippen LogP contribution in [0, 0.1) is 0 Å². The lowest BCUT2D eigenvalue weighted by Gasteiger charge is -1.87. The minimum Gasteiger partial charge on any atom is -0.209 e. The maximum atomic E-state index is 11.7. The molecular weight excluding hydrogens is 117 g/mol. The van der Waals surface area contributed by atoms with Gasteiger partial charge in [-0.1, -0.05) is 6.58 Å². The van der Waals surface area contributed by atoms with E-state index in [4.69, 9.17) is 0 Å². The number of hydrogen-bond donors (Lipinski definition) is 0. The molecule has 0 radical (unpaired) electrons. The smallest absolute Gasteiger partial charge is 0.189 e.